The molecule has 0 saturated carbocycles. The van der Waals surface area contributed by atoms with Gasteiger partial charge in [0.15, 0.2) is 18.1 Å². The Morgan fingerprint density at radius 2 is 1.94 bits per heavy atom. The second-order valence-corrected chi connectivity index (χ2v) is 7.57. The van der Waals surface area contributed by atoms with E-state index in [1.807, 2.05) is 57.2 Å². The summed E-state index contributed by atoms with van der Waals surface area (Å²) in [5.74, 6) is 1.36. The molecule has 0 saturated heterocycles. The molecule has 0 bridgehead atoms. The molecule has 0 fully saturated rings. The first-order chi connectivity index (χ1) is 15.0. The van der Waals surface area contributed by atoms with Gasteiger partial charge in [-0.2, -0.15) is 0 Å². The maximum atomic E-state index is 12.3. The van der Waals surface area contributed by atoms with Gasteiger partial charge in [-0.1, -0.05) is 22.8 Å². The summed E-state index contributed by atoms with van der Waals surface area (Å²) in [5, 5.41) is 17.6. The Hall–Kier alpha value is -3.14. The van der Waals surface area contributed by atoms with Crippen LogP contribution in [0.5, 0.6) is 11.5 Å². The molecular weight excluding hydrogens is 464 g/mol. The van der Waals surface area contributed by atoms with Crippen LogP contribution >= 0.6 is 15.9 Å². The van der Waals surface area contributed by atoms with Gasteiger partial charge in [0.25, 0.3) is 5.91 Å². The molecule has 1 amide bonds. The van der Waals surface area contributed by atoms with Gasteiger partial charge in [0, 0.05) is 18.8 Å². The number of ether oxygens (including phenoxy) is 2. The molecule has 2 N–H and O–H groups in total. The molecule has 31 heavy (non-hydrogen) atoms. The van der Waals surface area contributed by atoms with Crippen molar-refractivity contribution in [2.24, 2.45) is 0 Å². The zero-order valence-corrected chi connectivity index (χ0v) is 19.3. The maximum Gasteiger partial charge on any atom is 0.262 e. The number of benzene rings is 2. The van der Waals surface area contributed by atoms with Crippen molar-refractivity contribution in [2.45, 2.75) is 33.9 Å². The lowest BCUT2D eigenvalue weighted by Crippen LogP contribution is -2.20. The molecule has 0 aliphatic rings. The number of hydrogen-bond donors (Lipinski definition) is 2. The van der Waals surface area contributed by atoms with Crippen molar-refractivity contribution < 1.29 is 14.3 Å². The van der Waals surface area contributed by atoms with Crippen LogP contribution in [-0.2, 0) is 17.9 Å². The summed E-state index contributed by atoms with van der Waals surface area (Å²) in [6, 6.07) is 11.4. The number of anilines is 2. The molecule has 1 heterocycles. The quantitative estimate of drug-likeness (QED) is 0.447. The lowest BCUT2D eigenvalue weighted by Gasteiger charge is -2.16. The molecule has 0 atom stereocenters. The number of carbonyl (C=O) groups excluding carboxylic acids is 1. The molecule has 164 valence electrons. The van der Waals surface area contributed by atoms with Crippen molar-refractivity contribution >= 4 is 33.5 Å². The van der Waals surface area contributed by atoms with Crippen LogP contribution in [0.3, 0.4) is 0 Å². The van der Waals surface area contributed by atoms with Gasteiger partial charge < -0.3 is 20.1 Å². The molecule has 2 aromatic carbocycles. The highest BCUT2D eigenvalue weighted by Crippen LogP contribution is 2.37. The van der Waals surface area contributed by atoms with Crippen LogP contribution in [-0.4, -0.2) is 39.3 Å². The number of nitrogens with one attached hydrogen (secondary N) is 2. The predicted octanol–water partition coefficient (Wildman–Crippen LogP) is 3.79. The largest absolute Gasteiger partial charge is 0.490 e. The molecule has 0 spiro atoms. The lowest BCUT2D eigenvalue weighted by molar-refractivity contribution is -0.118. The number of halogens is 1. The second-order valence-electron chi connectivity index (χ2n) is 6.71. The SMILES string of the molecule is CCOc1cc(CNc2nnnn2CC)cc(Br)c1OCC(=O)Nc1ccc(C)cc1. The van der Waals surface area contributed by atoms with Gasteiger partial charge in [0.2, 0.25) is 5.95 Å². The number of nitrogens with zero attached hydrogens (tertiary/aromatic N) is 4. The average molecular weight is 489 g/mol. The summed E-state index contributed by atoms with van der Waals surface area (Å²) in [5.41, 5.74) is 2.79. The van der Waals surface area contributed by atoms with Gasteiger partial charge in [0.05, 0.1) is 11.1 Å². The Bertz CT molecular complexity index is 1020. The Balaban J connectivity index is 1.66. The number of aromatic nitrogens is 4. The number of amides is 1. The van der Waals surface area contributed by atoms with Crippen molar-refractivity contribution in [1.82, 2.24) is 20.2 Å². The predicted molar refractivity (Wildman–Crippen MR) is 121 cm³/mol. The fourth-order valence-electron chi connectivity index (χ4n) is 2.82. The van der Waals surface area contributed by atoms with E-state index < -0.39 is 0 Å². The minimum atomic E-state index is -0.254. The summed E-state index contributed by atoms with van der Waals surface area (Å²) in [4.78, 5) is 12.3. The minimum absolute atomic E-state index is 0.143. The Morgan fingerprint density at radius 1 is 1.16 bits per heavy atom. The zero-order valence-electron chi connectivity index (χ0n) is 17.7. The lowest BCUT2D eigenvalue weighted by atomic mass is 10.2. The van der Waals surface area contributed by atoms with Crippen molar-refractivity contribution in [3.8, 4) is 11.5 Å². The van der Waals surface area contributed by atoms with Crippen molar-refractivity contribution in [3.05, 3.63) is 52.0 Å². The Morgan fingerprint density at radius 3 is 2.65 bits per heavy atom. The smallest absolute Gasteiger partial charge is 0.262 e. The molecule has 0 aliphatic heterocycles. The van der Waals surface area contributed by atoms with E-state index in [1.54, 1.807) is 4.68 Å². The minimum Gasteiger partial charge on any atom is -0.490 e. The van der Waals surface area contributed by atoms with Gasteiger partial charge in [-0.15, -0.1) is 0 Å². The van der Waals surface area contributed by atoms with E-state index in [0.29, 0.717) is 41.6 Å². The van der Waals surface area contributed by atoms with Crippen LogP contribution in [0.1, 0.15) is 25.0 Å². The summed E-state index contributed by atoms with van der Waals surface area (Å²) < 4.78 is 13.9. The highest BCUT2D eigenvalue weighted by Gasteiger charge is 2.15. The van der Waals surface area contributed by atoms with Gasteiger partial charge in [0.1, 0.15) is 0 Å². The second kappa shape index (κ2) is 10.8. The third-order valence-electron chi connectivity index (χ3n) is 4.33. The van der Waals surface area contributed by atoms with E-state index in [9.17, 15) is 4.79 Å². The standard InChI is InChI=1S/C21H25BrN6O3/c1-4-28-21(25-26-27-28)23-12-15-10-17(22)20(18(11-15)30-5-2)31-13-19(29)24-16-8-6-14(3)7-9-16/h6-11H,4-5,12-13H2,1-3H3,(H,24,29)(H,23,25,27). The highest BCUT2D eigenvalue weighted by atomic mass is 79.9. The summed E-state index contributed by atoms with van der Waals surface area (Å²) in [6.45, 7) is 7.33. The third kappa shape index (κ3) is 6.17. The van der Waals surface area contributed by atoms with Crippen molar-refractivity contribution in [1.29, 1.82) is 0 Å². The normalized spacial score (nSPS) is 10.6. The monoisotopic (exact) mass is 488 g/mol. The molecule has 0 radical (unpaired) electrons. The molecule has 3 rings (SSSR count). The van der Waals surface area contributed by atoms with Crippen LogP contribution in [0.4, 0.5) is 11.6 Å². The molecule has 10 heteroatoms. The topological polar surface area (TPSA) is 103 Å². The van der Waals surface area contributed by atoms with E-state index >= 15 is 0 Å². The van der Waals surface area contributed by atoms with Crippen LogP contribution in [0, 0.1) is 6.92 Å². The number of rotatable bonds is 10. The van der Waals surface area contributed by atoms with Gasteiger partial charge in [-0.3, -0.25) is 4.79 Å². The first-order valence-corrected chi connectivity index (χ1v) is 10.7. The van der Waals surface area contributed by atoms with E-state index in [4.69, 9.17) is 9.47 Å². The van der Waals surface area contributed by atoms with Gasteiger partial charge >= 0.3 is 0 Å². The van der Waals surface area contributed by atoms with Crippen LogP contribution in [0.2, 0.25) is 0 Å². The number of carbonyl (C=O) groups is 1. The molecule has 3 aromatic rings. The zero-order chi connectivity index (χ0) is 22.2. The van der Waals surface area contributed by atoms with E-state index in [2.05, 4.69) is 42.1 Å². The third-order valence-corrected chi connectivity index (χ3v) is 4.92. The van der Waals surface area contributed by atoms with Crippen molar-refractivity contribution in [3.63, 3.8) is 0 Å². The van der Waals surface area contributed by atoms with Gasteiger partial charge in [-0.05, 0) is 77.0 Å². The molecule has 1 aromatic heterocycles. The summed E-state index contributed by atoms with van der Waals surface area (Å²) in [6.07, 6.45) is 0. The number of tetrazole rings is 1. The summed E-state index contributed by atoms with van der Waals surface area (Å²) in [7, 11) is 0. The van der Waals surface area contributed by atoms with Crippen molar-refractivity contribution in [2.75, 3.05) is 23.8 Å². The van der Waals surface area contributed by atoms with E-state index in [0.717, 1.165) is 16.8 Å². The number of aryl methyl sites for hydroxylation is 2. The first kappa shape index (κ1) is 22.5. The van der Waals surface area contributed by atoms with Crippen LogP contribution in [0.15, 0.2) is 40.9 Å². The number of hydrogen-bond acceptors (Lipinski definition) is 7. The summed E-state index contributed by atoms with van der Waals surface area (Å²) >= 11 is 3.53. The van der Waals surface area contributed by atoms with E-state index in [-0.39, 0.29) is 12.5 Å². The maximum absolute atomic E-state index is 12.3. The van der Waals surface area contributed by atoms with Crippen LogP contribution < -0.4 is 20.1 Å². The highest BCUT2D eigenvalue weighted by molar-refractivity contribution is 9.10. The fraction of sp³-hybridized carbons (Fsp3) is 0.333. The Kier molecular flexibility index (Phi) is 7.82. The molecule has 9 nitrogen and oxygen atoms in total. The van der Waals surface area contributed by atoms with Crippen LogP contribution in [0.25, 0.3) is 0 Å². The van der Waals surface area contributed by atoms with E-state index in [1.165, 1.54) is 0 Å². The average Bonchev–Trinajstić information content (AvgIpc) is 3.21. The Labute approximate surface area is 189 Å². The molecule has 0 aliphatic carbocycles. The molecule has 0 unspecified atom stereocenters. The molecular formula is C21H25BrN6O3. The van der Waals surface area contributed by atoms with Gasteiger partial charge in [-0.25, -0.2) is 4.68 Å². The fourth-order valence-corrected chi connectivity index (χ4v) is 3.43. The first-order valence-electron chi connectivity index (χ1n) is 9.94.